The van der Waals surface area contributed by atoms with Crippen molar-refractivity contribution in [3.8, 4) is 5.75 Å². The zero-order valence-corrected chi connectivity index (χ0v) is 18.5. The summed E-state index contributed by atoms with van der Waals surface area (Å²) < 4.78 is 5.56. The first-order chi connectivity index (χ1) is 12.7. The maximum absolute atomic E-state index is 5.56. The number of rotatable bonds is 7. The molecule has 2 N–H and O–H groups in total. The van der Waals surface area contributed by atoms with Crippen molar-refractivity contribution >= 4 is 29.9 Å². The fourth-order valence-electron chi connectivity index (χ4n) is 3.01. The second-order valence-electron chi connectivity index (χ2n) is 6.54. The summed E-state index contributed by atoms with van der Waals surface area (Å²) in [6, 6.07) is 10.7. The first-order valence-electron chi connectivity index (χ1n) is 9.43. The number of fused-ring (bicyclic) bond motifs is 1. The van der Waals surface area contributed by atoms with Gasteiger partial charge in [0.1, 0.15) is 5.75 Å². The van der Waals surface area contributed by atoms with Crippen LogP contribution in [-0.2, 0) is 19.3 Å². The van der Waals surface area contributed by atoms with Gasteiger partial charge < -0.3 is 15.4 Å². The third-order valence-corrected chi connectivity index (χ3v) is 4.45. The lowest BCUT2D eigenvalue weighted by atomic mass is 10.1. The van der Waals surface area contributed by atoms with E-state index in [9.17, 15) is 0 Å². The van der Waals surface area contributed by atoms with Crippen LogP contribution in [0, 0.1) is 6.92 Å². The maximum atomic E-state index is 5.56. The molecule has 0 aliphatic carbocycles. The van der Waals surface area contributed by atoms with E-state index in [2.05, 4.69) is 52.9 Å². The highest BCUT2D eigenvalue weighted by Crippen LogP contribution is 2.25. The van der Waals surface area contributed by atoms with E-state index < -0.39 is 0 Å². The quantitative estimate of drug-likeness (QED) is 0.363. The second kappa shape index (κ2) is 11.1. The molecule has 1 aromatic heterocycles. The molecule has 0 unspecified atom stereocenters. The minimum Gasteiger partial charge on any atom is -0.493 e. The van der Waals surface area contributed by atoms with Crippen molar-refractivity contribution in [2.45, 2.75) is 33.1 Å². The largest absolute Gasteiger partial charge is 0.493 e. The number of pyridine rings is 1. The van der Waals surface area contributed by atoms with Crippen LogP contribution in [0.5, 0.6) is 5.75 Å². The average Bonchev–Trinajstić information content (AvgIpc) is 3.11. The molecule has 5 nitrogen and oxygen atoms in total. The Hall–Kier alpha value is -1.83. The van der Waals surface area contributed by atoms with Gasteiger partial charge >= 0.3 is 0 Å². The SMILES string of the molecule is CCNC(=NCCc1ccc2c(c1)CCO2)NCCc1ccc(C)nc1.I. The summed E-state index contributed by atoms with van der Waals surface area (Å²) in [6.07, 6.45) is 4.83. The Balaban J connectivity index is 0.00000261. The molecule has 0 bridgehead atoms. The highest BCUT2D eigenvalue weighted by atomic mass is 127. The summed E-state index contributed by atoms with van der Waals surface area (Å²) in [5, 5.41) is 6.71. The van der Waals surface area contributed by atoms with Crippen molar-refractivity contribution in [3.05, 3.63) is 58.9 Å². The zero-order chi connectivity index (χ0) is 18.2. The standard InChI is InChI=1S/C21H28N4O.HI/c1-3-22-21(24-12-9-18-5-4-16(2)25-15-18)23-11-8-17-6-7-20-19(14-17)10-13-26-20;/h4-7,14-15H,3,8-13H2,1-2H3,(H2,22,23,24);1H. The molecule has 0 saturated carbocycles. The lowest BCUT2D eigenvalue weighted by Crippen LogP contribution is -2.38. The van der Waals surface area contributed by atoms with Gasteiger partial charge in [-0.15, -0.1) is 24.0 Å². The van der Waals surface area contributed by atoms with Gasteiger partial charge in [-0.1, -0.05) is 18.2 Å². The summed E-state index contributed by atoms with van der Waals surface area (Å²) >= 11 is 0. The van der Waals surface area contributed by atoms with Crippen LogP contribution >= 0.6 is 24.0 Å². The van der Waals surface area contributed by atoms with E-state index in [-0.39, 0.29) is 24.0 Å². The van der Waals surface area contributed by atoms with Gasteiger partial charge in [0.25, 0.3) is 0 Å². The molecule has 1 aliphatic heterocycles. The van der Waals surface area contributed by atoms with Gasteiger partial charge in [-0.25, -0.2) is 0 Å². The van der Waals surface area contributed by atoms with E-state index in [1.165, 1.54) is 16.7 Å². The highest BCUT2D eigenvalue weighted by Gasteiger charge is 2.11. The van der Waals surface area contributed by atoms with Crippen molar-refractivity contribution in [3.63, 3.8) is 0 Å². The van der Waals surface area contributed by atoms with Gasteiger partial charge in [0.2, 0.25) is 0 Å². The van der Waals surface area contributed by atoms with Crippen LogP contribution in [0.4, 0.5) is 0 Å². The summed E-state index contributed by atoms with van der Waals surface area (Å²) in [5.41, 5.74) is 4.93. The molecule has 146 valence electrons. The predicted molar refractivity (Wildman–Crippen MR) is 121 cm³/mol. The number of nitrogens with zero attached hydrogens (tertiary/aromatic N) is 2. The molecule has 0 spiro atoms. The highest BCUT2D eigenvalue weighted by molar-refractivity contribution is 14.0. The number of aryl methyl sites for hydroxylation is 1. The smallest absolute Gasteiger partial charge is 0.191 e. The molecule has 0 saturated heterocycles. The molecule has 1 aromatic carbocycles. The molecule has 27 heavy (non-hydrogen) atoms. The van der Waals surface area contributed by atoms with Crippen molar-refractivity contribution < 1.29 is 4.74 Å². The number of halogens is 1. The fraction of sp³-hybridized carbons (Fsp3) is 0.429. The van der Waals surface area contributed by atoms with Gasteiger partial charge in [0.15, 0.2) is 5.96 Å². The Morgan fingerprint density at radius 2 is 2.00 bits per heavy atom. The number of hydrogen-bond donors (Lipinski definition) is 2. The molecule has 0 amide bonds. The predicted octanol–water partition coefficient (Wildman–Crippen LogP) is 3.28. The Morgan fingerprint density at radius 1 is 1.15 bits per heavy atom. The third kappa shape index (κ3) is 6.68. The Kier molecular flexibility index (Phi) is 8.84. The second-order valence-corrected chi connectivity index (χ2v) is 6.54. The van der Waals surface area contributed by atoms with Crippen molar-refractivity contribution in [1.82, 2.24) is 15.6 Å². The minimum absolute atomic E-state index is 0. The monoisotopic (exact) mass is 480 g/mol. The third-order valence-electron chi connectivity index (χ3n) is 4.45. The molecule has 6 heteroatoms. The van der Waals surface area contributed by atoms with Crippen molar-refractivity contribution in [2.75, 3.05) is 26.2 Å². The average molecular weight is 480 g/mol. The van der Waals surface area contributed by atoms with E-state index in [0.717, 1.165) is 62.9 Å². The zero-order valence-electron chi connectivity index (χ0n) is 16.1. The first-order valence-corrected chi connectivity index (χ1v) is 9.43. The summed E-state index contributed by atoms with van der Waals surface area (Å²) in [5.74, 6) is 1.91. The summed E-state index contributed by atoms with van der Waals surface area (Å²) in [7, 11) is 0. The van der Waals surface area contributed by atoms with Gasteiger partial charge in [0, 0.05) is 37.9 Å². The van der Waals surface area contributed by atoms with Crippen LogP contribution in [0.25, 0.3) is 0 Å². The molecule has 0 atom stereocenters. The molecule has 0 fully saturated rings. The number of aliphatic imine (C=N–C) groups is 1. The molecule has 2 heterocycles. The van der Waals surface area contributed by atoms with Gasteiger partial charge in [-0.05, 0) is 55.5 Å². The van der Waals surface area contributed by atoms with E-state index in [0.29, 0.717) is 0 Å². The topological polar surface area (TPSA) is 58.5 Å². The van der Waals surface area contributed by atoms with Gasteiger partial charge in [-0.2, -0.15) is 0 Å². The minimum atomic E-state index is 0. The number of aromatic nitrogens is 1. The Morgan fingerprint density at radius 3 is 2.78 bits per heavy atom. The fourth-order valence-corrected chi connectivity index (χ4v) is 3.01. The Labute approximate surface area is 179 Å². The van der Waals surface area contributed by atoms with Crippen LogP contribution < -0.4 is 15.4 Å². The van der Waals surface area contributed by atoms with E-state index >= 15 is 0 Å². The molecular formula is C21H29IN4O. The molecule has 2 aromatic rings. The lowest BCUT2D eigenvalue weighted by Gasteiger charge is -2.11. The number of nitrogens with one attached hydrogen (secondary N) is 2. The molecule has 3 rings (SSSR count). The van der Waals surface area contributed by atoms with Gasteiger partial charge in [-0.3, -0.25) is 9.98 Å². The summed E-state index contributed by atoms with van der Waals surface area (Å²) in [6.45, 7) is 7.36. The normalized spacial score (nSPS) is 12.7. The van der Waals surface area contributed by atoms with Crippen molar-refractivity contribution in [2.24, 2.45) is 4.99 Å². The van der Waals surface area contributed by atoms with Crippen LogP contribution in [0.15, 0.2) is 41.5 Å². The number of guanidine groups is 1. The molecular weight excluding hydrogens is 451 g/mol. The number of ether oxygens (including phenoxy) is 1. The number of benzene rings is 1. The van der Waals surface area contributed by atoms with Gasteiger partial charge in [0.05, 0.1) is 6.61 Å². The lowest BCUT2D eigenvalue weighted by molar-refractivity contribution is 0.357. The van der Waals surface area contributed by atoms with Crippen molar-refractivity contribution in [1.29, 1.82) is 0 Å². The van der Waals surface area contributed by atoms with Crippen LogP contribution in [-0.4, -0.2) is 37.2 Å². The van der Waals surface area contributed by atoms with E-state index in [4.69, 9.17) is 9.73 Å². The molecule has 1 aliphatic rings. The van der Waals surface area contributed by atoms with Crippen LogP contribution in [0.2, 0.25) is 0 Å². The Bertz CT molecular complexity index is 746. The van der Waals surface area contributed by atoms with Crippen LogP contribution in [0.3, 0.4) is 0 Å². The van der Waals surface area contributed by atoms with Crippen LogP contribution in [0.1, 0.15) is 29.3 Å². The number of hydrogen-bond acceptors (Lipinski definition) is 3. The van der Waals surface area contributed by atoms with E-state index in [1.807, 2.05) is 13.1 Å². The summed E-state index contributed by atoms with van der Waals surface area (Å²) in [4.78, 5) is 9.03. The van der Waals surface area contributed by atoms with E-state index in [1.54, 1.807) is 0 Å². The molecule has 0 radical (unpaired) electrons. The maximum Gasteiger partial charge on any atom is 0.191 e. The first kappa shape index (κ1) is 21.5.